The van der Waals surface area contributed by atoms with Gasteiger partial charge in [-0.15, -0.1) is 0 Å². The maximum atomic E-state index is 14.0. The first-order chi connectivity index (χ1) is 25.7. The summed E-state index contributed by atoms with van der Waals surface area (Å²) in [5, 5.41) is 1.65. The van der Waals surface area contributed by atoms with E-state index in [1.165, 1.54) is 11.3 Å². The number of ether oxygens (including phenoxy) is 1. The quantitative estimate of drug-likeness (QED) is 0.125. The summed E-state index contributed by atoms with van der Waals surface area (Å²) in [5.41, 5.74) is 11.2. The highest BCUT2D eigenvalue weighted by molar-refractivity contribution is 5.94. The first kappa shape index (κ1) is 34.3. The molecule has 0 amide bonds. The average Bonchev–Trinajstić information content (AvgIpc) is 3.35. The molecule has 4 heterocycles. The van der Waals surface area contributed by atoms with Gasteiger partial charge >= 0.3 is 11.3 Å². The molecule has 0 atom stereocenters. The largest absolute Gasteiger partial charge is 0.493 e. The van der Waals surface area contributed by atoms with Crippen LogP contribution < -0.4 is 20.9 Å². The van der Waals surface area contributed by atoms with Gasteiger partial charge in [0.05, 0.1) is 23.1 Å². The van der Waals surface area contributed by atoms with Crippen LogP contribution in [0.25, 0.3) is 55.3 Å². The van der Waals surface area contributed by atoms with E-state index < -0.39 is 11.0 Å². The van der Waals surface area contributed by atoms with Crippen LogP contribution in [-0.4, -0.2) is 26.0 Å². The Morgan fingerprint density at radius 2 is 1.35 bits per heavy atom. The molecule has 54 heavy (non-hydrogen) atoms. The van der Waals surface area contributed by atoms with Gasteiger partial charge in [0, 0.05) is 41.6 Å². The van der Waals surface area contributed by atoms with E-state index in [-0.39, 0.29) is 22.9 Å². The number of benzene rings is 4. The van der Waals surface area contributed by atoms with Crippen LogP contribution in [0.15, 0.2) is 85.2 Å². The summed E-state index contributed by atoms with van der Waals surface area (Å²) in [6.07, 6.45) is 3.12. The van der Waals surface area contributed by atoms with Crippen LogP contribution >= 0.6 is 0 Å². The van der Waals surface area contributed by atoms with E-state index in [1.807, 2.05) is 37.3 Å². The minimum Gasteiger partial charge on any atom is -0.493 e. The molecule has 0 unspecified atom stereocenters. The first-order valence-corrected chi connectivity index (χ1v) is 19.1. The Morgan fingerprint density at radius 3 is 2.00 bits per heavy atom. The molecule has 9 rings (SSSR count). The third kappa shape index (κ3) is 5.04. The van der Waals surface area contributed by atoms with Gasteiger partial charge in [0.25, 0.3) is 0 Å². The number of fused-ring (bicyclic) bond motifs is 6. The van der Waals surface area contributed by atoms with Gasteiger partial charge in [0.15, 0.2) is 0 Å². The molecular weight excluding hydrogens is 675 g/mol. The zero-order chi connectivity index (χ0) is 37.9. The topological polar surface area (TPSA) is 90.0 Å². The summed E-state index contributed by atoms with van der Waals surface area (Å²) in [4.78, 5) is 41.2. The van der Waals surface area contributed by atoms with Gasteiger partial charge in [-0.1, -0.05) is 65.8 Å². The van der Waals surface area contributed by atoms with E-state index in [4.69, 9.17) is 13.6 Å². The van der Waals surface area contributed by atoms with Gasteiger partial charge in [-0.05, 0) is 118 Å². The Morgan fingerprint density at radius 1 is 0.722 bits per heavy atom. The van der Waals surface area contributed by atoms with Crippen LogP contribution in [0.5, 0.6) is 5.75 Å². The fourth-order valence-electron chi connectivity index (χ4n) is 9.36. The number of rotatable bonds is 6. The molecule has 0 N–H and O–H groups in total. The van der Waals surface area contributed by atoms with Crippen LogP contribution in [0.3, 0.4) is 0 Å². The third-order valence-corrected chi connectivity index (χ3v) is 12.5. The van der Waals surface area contributed by atoms with Crippen LogP contribution in [0.2, 0.25) is 0 Å². The number of aldehydes is 1. The molecule has 6 aromatic rings. The number of nitrogens with zero attached hydrogens (tertiary/aromatic N) is 1. The zero-order valence-corrected chi connectivity index (χ0v) is 32.1. The van der Waals surface area contributed by atoms with Crippen molar-refractivity contribution in [2.24, 2.45) is 0 Å². The molecule has 2 aliphatic heterocycles. The second kappa shape index (κ2) is 11.8. The van der Waals surface area contributed by atoms with Crippen molar-refractivity contribution in [3.05, 3.63) is 115 Å². The molecule has 7 nitrogen and oxygen atoms in total. The molecule has 0 radical (unpaired) electrons. The second-order valence-electron chi connectivity index (χ2n) is 17.2. The van der Waals surface area contributed by atoms with Crippen molar-refractivity contribution in [1.82, 2.24) is 0 Å². The van der Waals surface area contributed by atoms with Crippen LogP contribution in [0, 0.1) is 0 Å². The van der Waals surface area contributed by atoms with Crippen molar-refractivity contribution in [1.29, 1.82) is 0 Å². The number of anilines is 1. The van der Waals surface area contributed by atoms with Crippen LogP contribution in [-0.2, 0) is 27.5 Å². The molecule has 4 aromatic carbocycles. The number of hydrogen-bond acceptors (Lipinski definition) is 7. The summed E-state index contributed by atoms with van der Waals surface area (Å²) >= 11 is 0. The summed E-state index contributed by atoms with van der Waals surface area (Å²) in [5.74, 6) is 0.574. The van der Waals surface area contributed by atoms with E-state index in [1.54, 1.807) is 6.07 Å². The Hall–Kier alpha value is -5.43. The first-order valence-electron chi connectivity index (χ1n) is 19.1. The fourth-order valence-corrected chi connectivity index (χ4v) is 9.36. The molecule has 7 heteroatoms. The lowest BCUT2D eigenvalue weighted by Gasteiger charge is -2.48. The predicted molar refractivity (Wildman–Crippen MR) is 215 cm³/mol. The van der Waals surface area contributed by atoms with E-state index in [9.17, 15) is 14.4 Å². The lowest BCUT2D eigenvalue weighted by Crippen LogP contribution is -2.44. The maximum absolute atomic E-state index is 14.0. The molecule has 0 saturated carbocycles. The van der Waals surface area contributed by atoms with Crippen molar-refractivity contribution in [2.45, 2.75) is 84.0 Å². The molecule has 2 aromatic heterocycles. The van der Waals surface area contributed by atoms with Crippen molar-refractivity contribution in [3.63, 3.8) is 0 Å². The Balaban J connectivity index is 1.14. The summed E-state index contributed by atoms with van der Waals surface area (Å²) < 4.78 is 18.1. The number of carbonyl (C=O) groups excluding carboxylic acids is 1. The Kier molecular flexibility index (Phi) is 7.49. The maximum Gasteiger partial charge on any atom is 0.344 e. The average molecular weight is 720 g/mol. The van der Waals surface area contributed by atoms with E-state index in [2.05, 4.69) is 76.8 Å². The Bertz CT molecular complexity index is 2710. The van der Waals surface area contributed by atoms with Crippen molar-refractivity contribution < 1.29 is 18.4 Å². The summed E-state index contributed by atoms with van der Waals surface area (Å²) in [6.45, 7) is 17.9. The Labute approximate surface area is 314 Å². The highest BCUT2D eigenvalue weighted by Gasteiger charge is 2.42. The lowest BCUT2D eigenvalue weighted by molar-refractivity contribution is -0.107. The lowest BCUT2D eigenvalue weighted by atomic mass is 9.69. The molecular formula is C47H45NO6. The van der Waals surface area contributed by atoms with Crippen LogP contribution in [0.4, 0.5) is 5.69 Å². The van der Waals surface area contributed by atoms with Crippen molar-refractivity contribution in [2.75, 3.05) is 24.6 Å². The standard InChI is InChI=1S/C47H45NO6/c1-8-52-38-19-26(13-18-49)20-39-34(38)25-33(43(50)53-39)28-10-12-31-30-11-9-27(22-35(30)47(6,7)36(31)23-28)32-21-29-24-37-41-40(42(29)54-44(32)51)46(4,5)15-17-48(41)16-14-45(37,2)3/h9-12,18-25H,8,13-17H2,1-7H3. The van der Waals surface area contributed by atoms with E-state index in [0.717, 1.165) is 82.1 Å². The summed E-state index contributed by atoms with van der Waals surface area (Å²) in [7, 11) is 0. The van der Waals surface area contributed by atoms with Gasteiger partial charge in [-0.2, -0.15) is 0 Å². The fraction of sp³-hybridized carbons (Fsp3) is 0.340. The SMILES string of the molecule is CCOc1cc(CC=O)cc2oc(=O)c(-c3ccc4c(c3)C(C)(C)c3cc(-c5cc6cc7c8c(c6oc5=O)C(C)(C)CCN8CCC7(C)C)ccc3-4)cc12. The van der Waals surface area contributed by atoms with Crippen molar-refractivity contribution >= 4 is 33.9 Å². The third-order valence-electron chi connectivity index (χ3n) is 12.5. The monoisotopic (exact) mass is 719 g/mol. The van der Waals surface area contributed by atoms with E-state index >= 15 is 0 Å². The van der Waals surface area contributed by atoms with E-state index in [0.29, 0.717) is 40.0 Å². The minimum absolute atomic E-state index is 0.0146. The molecule has 0 spiro atoms. The number of carbonyl (C=O) groups is 1. The van der Waals surface area contributed by atoms with Gasteiger partial charge < -0.3 is 23.3 Å². The highest BCUT2D eigenvalue weighted by atomic mass is 16.5. The molecule has 3 aliphatic rings. The van der Waals surface area contributed by atoms with Gasteiger partial charge in [-0.25, -0.2) is 9.59 Å². The number of hydrogen-bond donors (Lipinski definition) is 0. The molecule has 1 aliphatic carbocycles. The van der Waals surface area contributed by atoms with Crippen LogP contribution in [0.1, 0.15) is 89.1 Å². The smallest absolute Gasteiger partial charge is 0.344 e. The molecule has 0 fully saturated rings. The molecule has 0 bridgehead atoms. The highest BCUT2D eigenvalue weighted by Crippen LogP contribution is 2.53. The predicted octanol–water partition coefficient (Wildman–Crippen LogP) is 9.85. The van der Waals surface area contributed by atoms with Gasteiger partial charge in [0.2, 0.25) is 0 Å². The van der Waals surface area contributed by atoms with Gasteiger partial charge in [0.1, 0.15) is 23.2 Å². The minimum atomic E-state index is -0.457. The van der Waals surface area contributed by atoms with Gasteiger partial charge in [-0.3, -0.25) is 0 Å². The molecule has 0 saturated heterocycles. The molecule has 274 valence electrons. The van der Waals surface area contributed by atoms with Crippen molar-refractivity contribution in [3.8, 4) is 39.1 Å². The second-order valence-corrected chi connectivity index (χ2v) is 17.2. The zero-order valence-electron chi connectivity index (χ0n) is 32.1. The normalized spacial score (nSPS) is 17.3. The summed E-state index contributed by atoms with van der Waals surface area (Å²) in [6, 6.07) is 22.1.